The third kappa shape index (κ3) is 5.88. The molecule has 2 rings (SSSR count). The van der Waals surface area contributed by atoms with Crippen LogP contribution in [0.25, 0.3) is 0 Å². The molecule has 0 aliphatic carbocycles. The van der Waals surface area contributed by atoms with Crippen LogP contribution in [0.3, 0.4) is 0 Å². The molecule has 0 unspecified atom stereocenters. The van der Waals surface area contributed by atoms with Gasteiger partial charge in [-0.2, -0.15) is 0 Å². The number of nitrogens with one attached hydrogen (secondary N) is 1. The van der Waals surface area contributed by atoms with Gasteiger partial charge >= 0.3 is 5.97 Å². The zero-order valence-electron chi connectivity index (χ0n) is 15.0. The van der Waals surface area contributed by atoms with Crippen LogP contribution < -0.4 is 10.1 Å². The van der Waals surface area contributed by atoms with Gasteiger partial charge in [0.05, 0.1) is 13.0 Å². The molecule has 26 heavy (non-hydrogen) atoms. The Morgan fingerprint density at radius 2 is 1.77 bits per heavy atom. The molecule has 0 heterocycles. The second-order valence-electron chi connectivity index (χ2n) is 5.94. The Balaban J connectivity index is 1.80. The molecule has 1 amide bonds. The summed E-state index contributed by atoms with van der Waals surface area (Å²) in [7, 11) is 0. The zero-order valence-corrected chi connectivity index (χ0v) is 16.6. The van der Waals surface area contributed by atoms with E-state index in [1.807, 2.05) is 50.2 Å². The number of rotatable bonds is 7. The number of amides is 1. The number of aryl methyl sites for hydroxylation is 2. The lowest BCUT2D eigenvalue weighted by Crippen LogP contribution is -2.30. The predicted molar refractivity (Wildman–Crippen MR) is 104 cm³/mol. The van der Waals surface area contributed by atoms with Crippen molar-refractivity contribution in [2.24, 2.45) is 0 Å². The molecule has 2 aromatic rings. The Hall–Kier alpha value is -2.34. The minimum atomic E-state index is -0.882. The lowest BCUT2D eigenvalue weighted by molar-refractivity contribution is -0.153. The number of carbonyl (C=O) groups excluding carboxylic acids is 2. The predicted octanol–water partition coefficient (Wildman–Crippen LogP) is 4.41. The summed E-state index contributed by atoms with van der Waals surface area (Å²) in [6, 6.07) is 13.1. The van der Waals surface area contributed by atoms with Crippen LogP contribution in [-0.4, -0.2) is 24.6 Å². The highest BCUT2D eigenvalue weighted by Crippen LogP contribution is 2.20. The molecule has 5 nitrogen and oxygen atoms in total. The summed E-state index contributed by atoms with van der Waals surface area (Å²) in [5.74, 6) is -0.180. The maximum Gasteiger partial charge on any atom is 0.310 e. The van der Waals surface area contributed by atoms with E-state index in [-0.39, 0.29) is 18.9 Å². The standard InChI is InChI=1S/C20H22BrNO4/c1-13-6-4-7-14(2)19(13)22-20(24)15(3)26-18(23)10-11-25-17-9-5-8-16(21)12-17/h4-9,12,15H,10-11H2,1-3H3,(H,22,24)/t15-/m0/s1. The van der Waals surface area contributed by atoms with Gasteiger partial charge in [0.15, 0.2) is 6.10 Å². The number of benzene rings is 2. The molecule has 0 fully saturated rings. The lowest BCUT2D eigenvalue weighted by Gasteiger charge is -2.16. The summed E-state index contributed by atoms with van der Waals surface area (Å²) < 4.78 is 11.6. The summed E-state index contributed by atoms with van der Waals surface area (Å²) in [4.78, 5) is 24.2. The normalized spacial score (nSPS) is 11.5. The highest BCUT2D eigenvalue weighted by atomic mass is 79.9. The van der Waals surface area contributed by atoms with E-state index < -0.39 is 12.1 Å². The summed E-state index contributed by atoms with van der Waals surface area (Å²) in [5, 5.41) is 2.82. The number of carbonyl (C=O) groups is 2. The van der Waals surface area contributed by atoms with E-state index in [4.69, 9.17) is 9.47 Å². The summed E-state index contributed by atoms with van der Waals surface area (Å²) >= 11 is 3.35. The van der Waals surface area contributed by atoms with Crippen LogP contribution in [0.4, 0.5) is 5.69 Å². The van der Waals surface area contributed by atoms with Crippen LogP contribution in [0.15, 0.2) is 46.9 Å². The average molecular weight is 420 g/mol. The van der Waals surface area contributed by atoms with Gasteiger partial charge < -0.3 is 14.8 Å². The van der Waals surface area contributed by atoms with Gasteiger partial charge in [0.25, 0.3) is 5.91 Å². The quantitative estimate of drug-likeness (QED) is 0.675. The molecule has 0 aliphatic heterocycles. The Bertz CT molecular complexity index is 771. The second kappa shape index (κ2) is 9.38. The van der Waals surface area contributed by atoms with E-state index in [1.165, 1.54) is 0 Å². The summed E-state index contributed by atoms with van der Waals surface area (Å²) in [6.07, 6.45) is -0.819. The van der Waals surface area contributed by atoms with Gasteiger partial charge in [0.2, 0.25) is 0 Å². The first-order valence-electron chi connectivity index (χ1n) is 8.31. The molecule has 0 saturated heterocycles. The van der Waals surface area contributed by atoms with E-state index in [2.05, 4.69) is 21.2 Å². The van der Waals surface area contributed by atoms with Gasteiger partial charge in [-0.05, 0) is 50.1 Å². The van der Waals surface area contributed by atoms with Crippen molar-refractivity contribution >= 4 is 33.5 Å². The first kappa shape index (κ1) is 20.0. The number of esters is 1. The minimum absolute atomic E-state index is 0.0630. The molecular formula is C20H22BrNO4. The monoisotopic (exact) mass is 419 g/mol. The molecule has 2 aromatic carbocycles. The minimum Gasteiger partial charge on any atom is -0.493 e. The molecular weight excluding hydrogens is 398 g/mol. The van der Waals surface area contributed by atoms with Crippen LogP contribution in [0.5, 0.6) is 5.75 Å². The van der Waals surface area contributed by atoms with E-state index in [0.717, 1.165) is 21.3 Å². The Kier molecular flexibility index (Phi) is 7.21. The number of para-hydroxylation sites is 1. The van der Waals surface area contributed by atoms with E-state index >= 15 is 0 Å². The SMILES string of the molecule is Cc1cccc(C)c1NC(=O)[C@H](C)OC(=O)CCOc1cccc(Br)c1. The molecule has 0 aliphatic rings. The zero-order chi connectivity index (χ0) is 19.1. The third-order valence-electron chi connectivity index (χ3n) is 3.78. The van der Waals surface area contributed by atoms with Gasteiger partial charge in [-0.15, -0.1) is 0 Å². The fourth-order valence-corrected chi connectivity index (χ4v) is 2.73. The number of hydrogen-bond donors (Lipinski definition) is 1. The largest absolute Gasteiger partial charge is 0.493 e. The van der Waals surface area contributed by atoms with Crippen LogP contribution >= 0.6 is 15.9 Å². The average Bonchev–Trinajstić information content (AvgIpc) is 2.58. The van der Waals surface area contributed by atoms with Crippen LogP contribution in [0.2, 0.25) is 0 Å². The van der Waals surface area contributed by atoms with E-state index in [1.54, 1.807) is 13.0 Å². The van der Waals surface area contributed by atoms with Crippen LogP contribution in [0.1, 0.15) is 24.5 Å². The Morgan fingerprint density at radius 1 is 1.12 bits per heavy atom. The van der Waals surface area contributed by atoms with E-state index in [9.17, 15) is 9.59 Å². The summed E-state index contributed by atoms with van der Waals surface area (Å²) in [6.45, 7) is 5.56. The van der Waals surface area contributed by atoms with Gasteiger partial charge in [-0.1, -0.05) is 40.2 Å². The van der Waals surface area contributed by atoms with Gasteiger partial charge in [-0.3, -0.25) is 9.59 Å². The van der Waals surface area contributed by atoms with Crippen LogP contribution in [-0.2, 0) is 14.3 Å². The summed E-state index contributed by atoms with van der Waals surface area (Å²) in [5.41, 5.74) is 2.66. The van der Waals surface area contributed by atoms with Crippen LogP contribution in [0, 0.1) is 13.8 Å². The fraction of sp³-hybridized carbons (Fsp3) is 0.300. The second-order valence-corrected chi connectivity index (χ2v) is 6.86. The first-order chi connectivity index (χ1) is 12.4. The van der Waals surface area contributed by atoms with Gasteiger partial charge in [-0.25, -0.2) is 0 Å². The van der Waals surface area contributed by atoms with Gasteiger partial charge in [0, 0.05) is 10.2 Å². The number of halogens is 1. The first-order valence-corrected chi connectivity index (χ1v) is 9.11. The van der Waals surface area contributed by atoms with Crippen molar-refractivity contribution in [1.82, 2.24) is 0 Å². The van der Waals surface area contributed by atoms with Crippen molar-refractivity contribution in [3.05, 3.63) is 58.1 Å². The van der Waals surface area contributed by atoms with Crippen molar-refractivity contribution in [3.63, 3.8) is 0 Å². The van der Waals surface area contributed by atoms with Crippen molar-refractivity contribution < 1.29 is 19.1 Å². The molecule has 1 N–H and O–H groups in total. The Labute approximate surface area is 161 Å². The Morgan fingerprint density at radius 3 is 2.42 bits per heavy atom. The maximum absolute atomic E-state index is 12.3. The molecule has 6 heteroatoms. The van der Waals surface area contributed by atoms with Gasteiger partial charge in [0.1, 0.15) is 5.75 Å². The highest BCUT2D eigenvalue weighted by Gasteiger charge is 2.19. The van der Waals surface area contributed by atoms with E-state index in [0.29, 0.717) is 5.75 Å². The molecule has 0 bridgehead atoms. The number of anilines is 1. The topological polar surface area (TPSA) is 64.6 Å². The number of ether oxygens (including phenoxy) is 2. The lowest BCUT2D eigenvalue weighted by atomic mass is 10.1. The molecule has 0 spiro atoms. The van der Waals surface area contributed by atoms with Crippen molar-refractivity contribution in [2.75, 3.05) is 11.9 Å². The highest BCUT2D eigenvalue weighted by molar-refractivity contribution is 9.10. The third-order valence-corrected chi connectivity index (χ3v) is 4.27. The fourth-order valence-electron chi connectivity index (χ4n) is 2.36. The number of hydrogen-bond acceptors (Lipinski definition) is 4. The molecule has 0 radical (unpaired) electrons. The maximum atomic E-state index is 12.3. The molecule has 0 aromatic heterocycles. The molecule has 1 atom stereocenters. The molecule has 138 valence electrons. The van der Waals surface area contributed by atoms with Crippen molar-refractivity contribution in [3.8, 4) is 5.75 Å². The molecule has 0 saturated carbocycles. The van der Waals surface area contributed by atoms with Crippen molar-refractivity contribution in [2.45, 2.75) is 33.3 Å². The van der Waals surface area contributed by atoms with Crippen molar-refractivity contribution in [1.29, 1.82) is 0 Å². The smallest absolute Gasteiger partial charge is 0.310 e.